The quantitative estimate of drug-likeness (QED) is 0.727. The molecule has 0 bridgehead atoms. The Hall–Kier alpha value is -2.47. The Morgan fingerprint density at radius 1 is 1.17 bits per heavy atom. The van der Waals surface area contributed by atoms with Gasteiger partial charge in [0.1, 0.15) is 5.69 Å². The Bertz CT molecular complexity index is 598. The van der Waals surface area contributed by atoms with E-state index in [-0.39, 0.29) is 5.91 Å². The fraction of sp³-hybridized carbons (Fsp3) is 0.353. The van der Waals surface area contributed by atoms with E-state index in [4.69, 9.17) is 0 Å². The van der Waals surface area contributed by atoms with E-state index in [0.29, 0.717) is 12.2 Å². The van der Waals surface area contributed by atoms with Gasteiger partial charge in [-0.2, -0.15) is 0 Å². The van der Waals surface area contributed by atoms with E-state index in [9.17, 15) is 4.79 Å². The van der Waals surface area contributed by atoms with Crippen molar-refractivity contribution in [3.05, 3.63) is 54.1 Å². The van der Waals surface area contributed by atoms with Gasteiger partial charge in [0.05, 0.1) is 11.9 Å². The van der Waals surface area contributed by atoms with E-state index >= 15 is 0 Å². The summed E-state index contributed by atoms with van der Waals surface area (Å²) in [6.45, 7) is 2.39. The summed E-state index contributed by atoms with van der Waals surface area (Å²) in [4.78, 5) is 22.4. The Morgan fingerprint density at radius 3 is 2.61 bits per heavy atom. The standard InChI is InChI=1S/C17H23N5O/c1-22(2)11-3-8-19-15-4-5-16(20-13-15)17(23)21-12-14-6-9-18-10-7-14/h4-7,9-10,13,19H,3,8,11-12H2,1-2H3,(H,21,23). The number of amides is 1. The van der Waals surface area contributed by atoms with E-state index in [1.807, 2.05) is 18.2 Å². The maximum Gasteiger partial charge on any atom is 0.270 e. The van der Waals surface area contributed by atoms with Gasteiger partial charge in [-0.1, -0.05) is 0 Å². The van der Waals surface area contributed by atoms with Crippen molar-refractivity contribution < 1.29 is 4.79 Å². The van der Waals surface area contributed by atoms with Crippen molar-refractivity contribution in [2.24, 2.45) is 0 Å². The van der Waals surface area contributed by atoms with Crippen LogP contribution in [0.15, 0.2) is 42.9 Å². The fourth-order valence-corrected chi connectivity index (χ4v) is 2.03. The molecule has 2 rings (SSSR count). The molecule has 1 amide bonds. The Labute approximate surface area is 137 Å². The number of rotatable bonds is 8. The Morgan fingerprint density at radius 2 is 1.96 bits per heavy atom. The third-order valence-electron chi connectivity index (χ3n) is 3.31. The van der Waals surface area contributed by atoms with Crippen LogP contribution in [0, 0.1) is 0 Å². The molecule has 0 aliphatic carbocycles. The molecule has 2 N–H and O–H groups in total. The normalized spacial score (nSPS) is 10.6. The first-order chi connectivity index (χ1) is 11.1. The van der Waals surface area contributed by atoms with E-state index in [1.165, 1.54) is 0 Å². The summed E-state index contributed by atoms with van der Waals surface area (Å²) in [7, 11) is 4.11. The highest BCUT2D eigenvalue weighted by atomic mass is 16.1. The number of pyridine rings is 2. The maximum absolute atomic E-state index is 12.0. The molecular formula is C17H23N5O. The molecule has 122 valence electrons. The minimum absolute atomic E-state index is 0.180. The second kappa shape index (κ2) is 8.85. The summed E-state index contributed by atoms with van der Waals surface area (Å²) >= 11 is 0. The monoisotopic (exact) mass is 313 g/mol. The van der Waals surface area contributed by atoms with Gasteiger partial charge in [0.15, 0.2) is 0 Å². The molecule has 23 heavy (non-hydrogen) atoms. The lowest BCUT2D eigenvalue weighted by Gasteiger charge is -2.10. The van der Waals surface area contributed by atoms with Crippen molar-refractivity contribution in [1.82, 2.24) is 20.2 Å². The van der Waals surface area contributed by atoms with Crippen molar-refractivity contribution in [2.75, 3.05) is 32.5 Å². The van der Waals surface area contributed by atoms with E-state index in [1.54, 1.807) is 24.7 Å². The highest BCUT2D eigenvalue weighted by Crippen LogP contribution is 2.06. The molecule has 0 aromatic carbocycles. The minimum atomic E-state index is -0.180. The molecule has 0 atom stereocenters. The largest absolute Gasteiger partial charge is 0.384 e. The molecule has 0 aliphatic rings. The molecule has 0 unspecified atom stereocenters. The van der Waals surface area contributed by atoms with Gasteiger partial charge in [0.25, 0.3) is 5.91 Å². The number of aromatic nitrogens is 2. The molecule has 0 saturated carbocycles. The molecule has 2 aromatic heterocycles. The first-order valence-electron chi connectivity index (χ1n) is 7.67. The van der Waals surface area contributed by atoms with Gasteiger partial charge in [0, 0.05) is 25.5 Å². The highest BCUT2D eigenvalue weighted by molar-refractivity contribution is 5.92. The van der Waals surface area contributed by atoms with E-state index < -0.39 is 0 Å². The van der Waals surface area contributed by atoms with Crippen molar-refractivity contribution in [2.45, 2.75) is 13.0 Å². The van der Waals surface area contributed by atoms with Gasteiger partial charge in [0.2, 0.25) is 0 Å². The summed E-state index contributed by atoms with van der Waals surface area (Å²) in [5.74, 6) is -0.180. The lowest BCUT2D eigenvalue weighted by atomic mass is 10.2. The zero-order valence-electron chi connectivity index (χ0n) is 13.6. The number of nitrogens with one attached hydrogen (secondary N) is 2. The molecule has 0 radical (unpaired) electrons. The van der Waals surface area contributed by atoms with Crippen molar-refractivity contribution in [3.63, 3.8) is 0 Å². The average Bonchev–Trinajstić information content (AvgIpc) is 2.58. The smallest absolute Gasteiger partial charge is 0.270 e. The SMILES string of the molecule is CN(C)CCCNc1ccc(C(=O)NCc2ccncc2)nc1. The third-order valence-corrected chi connectivity index (χ3v) is 3.31. The number of carbonyl (C=O) groups excluding carboxylic acids is 1. The Balaban J connectivity index is 1.78. The predicted molar refractivity (Wildman–Crippen MR) is 91.3 cm³/mol. The van der Waals surface area contributed by atoms with Crippen LogP contribution >= 0.6 is 0 Å². The van der Waals surface area contributed by atoms with Gasteiger partial charge < -0.3 is 15.5 Å². The van der Waals surface area contributed by atoms with Crippen molar-refractivity contribution in [1.29, 1.82) is 0 Å². The summed E-state index contributed by atoms with van der Waals surface area (Å²) in [6.07, 6.45) is 6.16. The second-order valence-electron chi connectivity index (χ2n) is 5.55. The number of nitrogens with zero attached hydrogens (tertiary/aromatic N) is 3. The molecule has 0 fully saturated rings. The van der Waals surface area contributed by atoms with E-state index in [0.717, 1.165) is 30.8 Å². The van der Waals surface area contributed by atoms with E-state index in [2.05, 4.69) is 39.6 Å². The number of carbonyl (C=O) groups is 1. The molecule has 0 saturated heterocycles. The summed E-state index contributed by atoms with van der Waals surface area (Å²) in [6, 6.07) is 7.35. The second-order valence-corrected chi connectivity index (χ2v) is 5.55. The summed E-state index contributed by atoms with van der Waals surface area (Å²) in [5.41, 5.74) is 2.35. The average molecular weight is 313 g/mol. The van der Waals surface area contributed by atoms with Gasteiger partial charge in [-0.3, -0.25) is 9.78 Å². The molecule has 2 aromatic rings. The maximum atomic E-state index is 12.0. The van der Waals surface area contributed by atoms with Crippen molar-refractivity contribution in [3.8, 4) is 0 Å². The highest BCUT2D eigenvalue weighted by Gasteiger charge is 2.06. The zero-order chi connectivity index (χ0) is 16.5. The molecular weight excluding hydrogens is 290 g/mol. The van der Waals surface area contributed by atoms with Crippen LogP contribution in [0.1, 0.15) is 22.5 Å². The summed E-state index contributed by atoms with van der Waals surface area (Å²) < 4.78 is 0. The van der Waals surface area contributed by atoms with Gasteiger partial charge in [-0.15, -0.1) is 0 Å². The predicted octanol–water partition coefficient (Wildman–Crippen LogP) is 1.77. The van der Waals surface area contributed by atoms with Crippen LogP contribution in [0.3, 0.4) is 0 Å². The number of anilines is 1. The van der Waals surface area contributed by atoms with Crippen LogP contribution in [0.25, 0.3) is 0 Å². The number of hydrogen-bond donors (Lipinski definition) is 2. The van der Waals surface area contributed by atoms with Gasteiger partial charge in [-0.25, -0.2) is 4.98 Å². The molecule has 0 aliphatic heterocycles. The lowest BCUT2D eigenvalue weighted by Crippen LogP contribution is -2.23. The van der Waals surface area contributed by atoms with Gasteiger partial charge >= 0.3 is 0 Å². The minimum Gasteiger partial charge on any atom is -0.384 e. The van der Waals surface area contributed by atoms with Crippen LogP contribution in [0.5, 0.6) is 0 Å². The molecule has 6 nitrogen and oxygen atoms in total. The van der Waals surface area contributed by atoms with Crippen LogP contribution < -0.4 is 10.6 Å². The molecule has 2 heterocycles. The topological polar surface area (TPSA) is 70.2 Å². The fourth-order valence-electron chi connectivity index (χ4n) is 2.03. The van der Waals surface area contributed by atoms with Crippen LogP contribution in [0.2, 0.25) is 0 Å². The van der Waals surface area contributed by atoms with Gasteiger partial charge in [-0.05, 0) is 56.9 Å². The first kappa shape index (κ1) is 16.9. The molecule has 0 spiro atoms. The third kappa shape index (κ3) is 6.04. The van der Waals surface area contributed by atoms with Crippen molar-refractivity contribution >= 4 is 11.6 Å². The van der Waals surface area contributed by atoms with Crippen LogP contribution in [0.4, 0.5) is 5.69 Å². The first-order valence-corrected chi connectivity index (χ1v) is 7.67. The molecule has 6 heteroatoms. The lowest BCUT2D eigenvalue weighted by molar-refractivity contribution is 0.0946. The number of hydrogen-bond acceptors (Lipinski definition) is 5. The van der Waals surface area contributed by atoms with Crippen LogP contribution in [-0.4, -0.2) is 48.0 Å². The van der Waals surface area contributed by atoms with Crippen LogP contribution in [-0.2, 0) is 6.54 Å². The Kier molecular flexibility index (Phi) is 6.50. The zero-order valence-corrected chi connectivity index (χ0v) is 13.6. The summed E-state index contributed by atoms with van der Waals surface area (Å²) in [5, 5.41) is 6.14.